The van der Waals surface area contributed by atoms with E-state index in [0.29, 0.717) is 19.6 Å². The van der Waals surface area contributed by atoms with Gasteiger partial charge in [-0.3, -0.25) is 0 Å². The molecule has 1 saturated heterocycles. The number of carbonyl (C=O) groups is 1. The summed E-state index contributed by atoms with van der Waals surface area (Å²) in [5.41, 5.74) is 0.0378. The highest BCUT2D eigenvalue weighted by Crippen LogP contribution is 2.28. The fraction of sp³-hybridized carbons (Fsp3) is 0.632. The molecule has 5 nitrogen and oxygen atoms in total. The smallest absolute Gasteiger partial charge is 0.408 e. The minimum atomic E-state index is -0.642. The number of aryl methyl sites for hydroxylation is 1. The molecule has 1 aliphatic rings. The quantitative estimate of drug-likeness (QED) is 0.792. The summed E-state index contributed by atoms with van der Waals surface area (Å²) in [6.07, 6.45) is 1.05. The van der Waals surface area contributed by atoms with Crippen molar-refractivity contribution in [2.75, 3.05) is 13.2 Å². The number of hydrogen-bond acceptors (Lipinski definition) is 4. The van der Waals surface area contributed by atoms with Gasteiger partial charge in [0, 0.05) is 4.47 Å². The van der Waals surface area contributed by atoms with Crippen LogP contribution in [0.1, 0.15) is 46.6 Å². The van der Waals surface area contributed by atoms with E-state index in [1.807, 2.05) is 46.8 Å². The van der Waals surface area contributed by atoms with E-state index < -0.39 is 23.0 Å². The Labute approximate surface area is 158 Å². The summed E-state index contributed by atoms with van der Waals surface area (Å²) in [5, 5.41) is 2.99. The number of halogens is 1. The van der Waals surface area contributed by atoms with Crippen molar-refractivity contribution >= 4 is 22.0 Å². The van der Waals surface area contributed by atoms with Gasteiger partial charge in [0.15, 0.2) is 5.79 Å². The molecule has 0 saturated carbocycles. The lowest BCUT2D eigenvalue weighted by molar-refractivity contribution is -0.271. The number of rotatable bonds is 4. The van der Waals surface area contributed by atoms with Crippen LogP contribution in [-0.2, 0) is 20.6 Å². The van der Waals surface area contributed by atoms with E-state index in [9.17, 15) is 4.79 Å². The number of hydrogen-bond donors (Lipinski definition) is 1. The Morgan fingerprint density at radius 2 is 1.76 bits per heavy atom. The highest BCUT2D eigenvalue weighted by molar-refractivity contribution is 9.10. The second-order valence-corrected chi connectivity index (χ2v) is 8.93. The van der Waals surface area contributed by atoms with Crippen molar-refractivity contribution < 1.29 is 19.0 Å². The summed E-state index contributed by atoms with van der Waals surface area (Å²) in [6, 6.07) is 8.17. The van der Waals surface area contributed by atoms with Crippen molar-refractivity contribution in [2.24, 2.45) is 0 Å². The standard InChI is InChI=1S/C19H28BrNO4/c1-17(2,3)25-16(22)21-19(12-23-18(4,5)24-13-19)11-10-14-6-8-15(20)9-7-14/h6-9H,10-13H2,1-5H3,(H,21,22). The average molecular weight is 414 g/mol. The molecular weight excluding hydrogens is 386 g/mol. The van der Waals surface area contributed by atoms with Crippen LogP contribution in [0, 0.1) is 0 Å². The van der Waals surface area contributed by atoms with Gasteiger partial charge in [-0.1, -0.05) is 28.1 Å². The van der Waals surface area contributed by atoms with E-state index in [1.165, 1.54) is 5.56 Å². The Hall–Kier alpha value is -1.11. The molecule has 1 amide bonds. The minimum Gasteiger partial charge on any atom is -0.444 e. The molecule has 0 aromatic heterocycles. The number of amides is 1. The topological polar surface area (TPSA) is 56.8 Å². The lowest BCUT2D eigenvalue weighted by Crippen LogP contribution is -2.61. The van der Waals surface area contributed by atoms with Gasteiger partial charge in [0.1, 0.15) is 5.60 Å². The molecule has 0 spiro atoms. The number of alkyl carbamates (subject to hydrolysis) is 1. The summed E-state index contributed by atoms with van der Waals surface area (Å²) in [7, 11) is 0. The second-order valence-electron chi connectivity index (χ2n) is 8.01. The summed E-state index contributed by atoms with van der Waals surface area (Å²) < 4.78 is 18.1. The summed E-state index contributed by atoms with van der Waals surface area (Å²) >= 11 is 3.44. The van der Waals surface area contributed by atoms with E-state index in [4.69, 9.17) is 14.2 Å². The first kappa shape index (κ1) is 20.2. The number of nitrogens with one attached hydrogen (secondary N) is 1. The van der Waals surface area contributed by atoms with Gasteiger partial charge in [-0.25, -0.2) is 4.79 Å². The molecule has 0 unspecified atom stereocenters. The third kappa shape index (κ3) is 6.60. The second kappa shape index (κ2) is 7.64. The Bertz CT molecular complexity index is 582. The SMILES string of the molecule is CC(C)(C)OC(=O)NC1(CCc2ccc(Br)cc2)COC(C)(C)OC1. The van der Waals surface area contributed by atoms with Crippen LogP contribution in [0.4, 0.5) is 4.79 Å². The van der Waals surface area contributed by atoms with Crippen LogP contribution in [-0.4, -0.2) is 36.2 Å². The molecule has 2 rings (SSSR count). The van der Waals surface area contributed by atoms with E-state index >= 15 is 0 Å². The lowest BCUT2D eigenvalue weighted by Gasteiger charge is -2.44. The van der Waals surface area contributed by atoms with Gasteiger partial charge in [-0.2, -0.15) is 0 Å². The van der Waals surface area contributed by atoms with Crippen molar-refractivity contribution in [3.05, 3.63) is 34.3 Å². The first-order valence-corrected chi connectivity index (χ1v) is 9.32. The van der Waals surface area contributed by atoms with Crippen molar-refractivity contribution in [1.82, 2.24) is 5.32 Å². The zero-order chi connectivity index (χ0) is 18.7. The predicted octanol–water partition coefficient (Wildman–Crippen LogP) is 4.43. The maximum atomic E-state index is 12.3. The highest BCUT2D eigenvalue weighted by atomic mass is 79.9. The number of benzene rings is 1. The largest absolute Gasteiger partial charge is 0.444 e. The normalized spacial score (nSPS) is 19.3. The molecule has 0 aliphatic carbocycles. The van der Waals surface area contributed by atoms with Crippen molar-refractivity contribution in [2.45, 2.75) is 64.4 Å². The monoisotopic (exact) mass is 413 g/mol. The van der Waals surface area contributed by atoms with Gasteiger partial charge in [0.25, 0.3) is 0 Å². The molecule has 0 atom stereocenters. The van der Waals surface area contributed by atoms with E-state index in [-0.39, 0.29) is 0 Å². The van der Waals surface area contributed by atoms with Crippen LogP contribution in [0.25, 0.3) is 0 Å². The fourth-order valence-corrected chi connectivity index (χ4v) is 2.81. The molecule has 1 aliphatic heterocycles. The molecule has 1 aromatic rings. The van der Waals surface area contributed by atoms with Crippen LogP contribution >= 0.6 is 15.9 Å². The zero-order valence-electron chi connectivity index (χ0n) is 15.6. The van der Waals surface area contributed by atoms with Crippen LogP contribution in [0.2, 0.25) is 0 Å². The molecule has 0 bridgehead atoms. The number of carbonyl (C=O) groups excluding carboxylic acids is 1. The van der Waals surface area contributed by atoms with E-state index in [0.717, 1.165) is 10.9 Å². The molecule has 1 N–H and O–H groups in total. The predicted molar refractivity (Wildman–Crippen MR) is 101 cm³/mol. The minimum absolute atomic E-state index is 0.385. The summed E-state index contributed by atoms with van der Waals surface area (Å²) in [5.74, 6) is -0.642. The molecule has 1 heterocycles. The average Bonchev–Trinajstić information content (AvgIpc) is 2.48. The highest BCUT2D eigenvalue weighted by Gasteiger charge is 2.41. The lowest BCUT2D eigenvalue weighted by atomic mass is 9.91. The first-order valence-electron chi connectivity index (χ1n) is 8.52. The van der Waals surface area contributed by atoms with E-state index in [1.54, 1.807) is 0 Å². The van der Waals surface area contributed by atoms with Gasteiger partial charge in [-0.05, 0) is 65.2 Å². The molecular formula is C19H28BrNO4. The summed E-state index contributed by atoms with van der Waals surface area (Å²) in [4.78, 5) is 12.3. The molecule has 1 aromatic carbocycles. The molecule has 6 heteroatoms. The van der Waals surface area contributed by atoms with Crippen molar-refractivity contribution in [3.8, 4) is 0 Å². The van der Waals surface area contributed by atoms with Crippen molar-refractivity contribution in [1.29, 1.82) is 0 Å². The van der Waals surface area contributed by atoms with Gasteiger partial charge < -0.3 is 19.5 Å². The van der Waals surface area contributed by atoms with Crippen LogP contribution in [0.15, 0.2) is 28.7 Å². The van der Waals surface area contributed by atoms with E-state index in [2.05, 4.69) is 33.4 Å². The zero-order valence-corrected chi connectivity index (χ0v) is 17.2. The Balaban J connectivity index is 2.06. The van der Waals surface area contributed by atoms with Crippen molar-refractivity contribution in [3.63, 3.8) is 0 Å². The Morgan fingerprint density at radius 3 is 2.28 bits per heavy atom. The first-order chi connectivity index (χ1) is 11.5. The van der Waals surface area contributed by atoms with Gasteiger partial charge in [0.2, 0.25) is 0 Å². The maximum absolute atomic E-state index is 12.3. The van der Waals surface area contributed by atoms with Crippen LogP contribution in [0.5, 0.6) is 0 Å². The van der Waals surface area contributed by atoms with Gasteiger partial charge in [-0.15, -0.1) is 0 Å². The number of ether oxygens (including phenoxy) is 3. The fourth-order valence-electron chi connectivity index (χ4n) is 2.54. The maximum Gasteiger partial charge on any atom is 0.408 e. The molecule has 140 valence electrons. The Morgan fingerprint density at radius 1 is 1.20 bits per heavy atom. The Kier molecular flexibility index (Phi) is 6.17. The molecule has 25 heavy (non-hydrogen) atoms. The molecule has 1 fully saturated rings. The summed E-state index contributed by atoms with van der Waals surface area (Å²) in [6.45, 7) is 10.1. The van der Waals surface area contributed by atoms with Crippen LogP contribution < -0.4 is 5.32 Å². The van der Waals surface area contributed by atoms with Crippen LogP contribution in [0.3, 0.4) is 0 Å². The van der Waals surface area contributed by atoms with Gasteiger partial charge in [0.05, 0.1) is 18.8 Å². The third-order valence-corrected chi connectivity index (χ3v) is 4.49. The van der Waals surface area contributed by atoms with Gasteiger partial charge >= 0.3 is 6.09 Å². The molecule has 0 radical (unpaired) electrons. The third-order valence-electron chi connectivity index (χ3n) is 3.96.